The smallest absolute Gasteiger partial charge is 0.271 e. The largest absolute Gasteiger partial charge is 0.496 e. The maximum atomic E-state index is 12.7. The average molecular weight is 476 g/mol. The Balaban J connectivity index is 1.55. The van der Waals surface area contributed by atoms with Crippen LogP contribution < -0.4 is 15.6 Å². The predicted octanol–water partition coefficient (Wildman–Crippen LogP) is 3.40. The number of para-hydroxylation sites is 1. The molecule has 31 heavy (non-hydrogen) atoms. The number of amides is 3. The number of methoxy groups -OCH3 is 1. The van der Waals surface area contributed by atoms with Gasteiger partial charge in [-0.15, -0.1) is 0 Å². The van der Waals surface area contributed by atoms with Crippen molar-refractivity contribution in [3.63, 3.8) is 0 Å². The second-order valence-electron chi connectivity index (χ2n) is 6.31. The lowest BCUT2D eigenvalue weighted by Gasteiger charge is -2.14. The second kappa shape index (κ2) is 10.4. The van der Waals surface area contributed by atoms with Crippen LogP contribution in [-0.2, 0) is 9.59 Å². The fraction of sp³-hybridized carbons (Fsp3) is 0.143. The number of benzene rings is 2. The number of hydrogen-bond donors (Lipinski definition) is 2. The van der Waals surface area contributed by atoms with Crippen molar-refractivity contribution in [1.82, 2.24) is 15.8 Å². The Morgan fingerprint density at radius 1 is 1.16 bits per heavy atom. The molecule has 3 amide bonds. The molecule has 1 saturated heterocycles. The molecule has 2 aromatic rings. The third kappa shape index (κ3) is 5.63. The normalized spacial score (nSPS) is 14.6. The van der Waals surface area contributed by atoms with E-state index in [2.05, 4.69) is 10.9 Å². The molecule has 0 unspecified atom stereocenters. The Labute approximate surface area is 193 Å². The van der Waals surface area contributed by atoms with E-state index in [-0.39, 0.29) is 29.5 Å². The second-order valence-corrected chi connectivity index (χ2v) is 8.39. The fourth-order valence-corrected chi connectivity index (χ4v) is 4.26. The fourth-order valence-electron chi connectivity index (χ4n) is 2.73. The topological polar surface area (TPSA) is 87.7 Å². The van der Waals surface area contributed by atoms with E-state index < -0.39 is 11.8 Å². The molecular formula is C21H18ClN3O4S2. The molecule has 0 atom stereocenters. The van der Waals surface area contributed by atoms with Crippen molar-refractivity contribution in [3.8, 4) is 5.75 Å². The van der Waals surface area contributed by atoms with Crippen LogP contribution in [0.3, 0.4) is 0 Å². The highest BCUT2D eigenvalue weighted by atomic mass is 35.5. The van der Waals surface area contributed by atoms with E-state index in [9.17, 15) is 14.4 Å². The first-order valence-electron chi connectivity index (χ1n) is 9.13. The summed E-state index contributed by atoms with van der Waals surface area (Å²) < 4.78 is 5.66. The van der Waals surface area contributed by atoms with Crippen LogP contribution in [-0.4, -0.2) is 40.6 Å². The first-order chi connectivity index (χ1) is 14.9. The number of carbonyl (C=O) groups is 3. The number of halogens is 1. The Bertz CT molecular complexity index is 1070. The monoisotopic (exact) mass is 475 g/mol. The van der Waals surface area contributed by atoms with Crippen LogP contribution in [0.5, 0.6) is 5.75 Å². The van der Waals surface area contributed by atoms with Crippen LogP contribution in [0.25, 0.3) is 6.08 Å². The number of rotatable bonds is 6. The highest BCUT2D eigenvalue weighted by Gasteiger charge is 2.32. The van der Waals surface area contributed by atoms with Crippen molar-refractivity contribution in [2.45, 2.75) is 6.42 Å². The van der Waals surface area contributed by atoms with Gasteiger partial charge in [-0.05, 0) is 24.3 Å². The molecule has 0 radical (unpaired) electrons. The molecular weight excluding hydrogens is 458 g/mol. The van der Waals surface area contributed by atoms with Crippen LogP contribution >= 0.6 is 35.6 Å². The third-order valence-electron chi connectivity index (χ3n) is 4.30. The molecule has 7 nitrogen and oxygen atoms in total. The molecule has 0 aromatic heterocycles. The summed E-state index contributed by atoms with van der Waals surface area (Å²) >= 11 is 12.4. The Kier molecular flexibility index (Phi) is 7.67. The van der Waals surface area contributed by atoms with E-state index in [1.807, 2.05) is 18.2 Å². The van der Waals surface area contributed by atoms with Crippen LogP contribution in [0.4, 0.5) is 0 Å². The highest BCUT2D eigenvalue weighted by molar-refractivity contribution is 8.26. The summed E-state index contributed by atoms with van der Waals surface area (Å²) in [5.41, 5.74) is 5.61. The van der Waals surface area contributed by atoms with Gasteiger partial charge in [0.25, 0.3) is 11.8 Å². The maximum absolute atomic E-state index is 12.7. The number of nitrogens with zero attached hydrogens (tertiary/aromatic N) is 1. The third-order valence-corrected chi connectivity index (χ3v) is 6.00. The van der Waals surface area contributed by atoms with Crippen molar-refractivity contribution in [1.29, 1.82) is 0 Å². The Morgan fingerprint density at radius 3 is 2.61 bits per heavy atom. The summed E-state index contributed by atoms with van der Waals surface area (Å²) in [7, 11) is 1.56. The molecule has 1 aliphatic heterocycles. The van der Waals surface area contributed by atoms with Gasteiger partial charge >= 0.3 is 0 Å². The van der Waals surface area contributed by atoms with Gasteiger partial charge in [0.1, 0.15) is 10.1 Å². The molecule has 0 bridgehead atoms. The summed E-state index contributed by atoms with van der Waals surface area (Å²) in [6.07, 6.45) is 1.67. The van der Waals surface area contributed by atoms with E-state index in [1.54, 1.807) is 37.5 Å². The van der Waals surface area contributed by atoms with E-state index in [0.717, 1.165) is 17.3 Å². The maximum Gasteiger partial charge on any atom is 0.271 e. The average Bonchev–Trinajstić information content (AvgIpc) is 3.03. The Morgan fingerprint density at radius 2 is 1.87 bits per heavy atom. The van der Waals surface area contributed by atoms with Crippen molar-refractivity contribution < 1.29 is 19.1 Å². The van der Waals surface area contributed by atoms with E-state index in [0.29, 0.717) is 15.0 Å². The van der Waals surface area contributed by atoms with Gasteiger partial charge in [-0.2, -0.15) is 0 Å². The minimum atomic E-state index is -0.538. The standard InChI is InChI=1S/C21H18ClN3O4S2/c1-29-16-9-5-2-6-13(16)12-17-20(28)25(21(30)31-17)11-10-18(26)23-24-19(27)14-7-3-4-8-15(14)22/h2-9,12H,10-11H2,1H3,(H,23,26)(H,24,27). The van der Waals surface area contributed by atoms with Gasteiger partial charge in [-0.25, -0.2) is 0 Å². The van der Waals surface area contributed by atoms with E-state index in [1.165, 1.54) is 11.0 Å². The van der Waals surface area contributed by atoms with Crippen molar-refractivity contribution in [2.24, 2.45) is 0 Å². The predicted molar refractivity (Wildman–Crippen MR) is 125 cm³/mol. The summed E-state index contributed by atoms with van der Waals surface area (Å²) in [6, 6.07) is 13.8. The summed E-state index contributed by atoms with van der Waals surface area (Å²) in [5, 5.41) is 0.272. The van der Waals surface area contributed by atoms with Gasteiger partial charge in [0, 0.05) is 18.5 Å². The zero-order chi connectivity index (χ0) is 22.4. The van der Waals surface area contributed by atoms with Crippen LogP contribution in [0.15, 0.2) is 53.4 Å². The number of thiocarbonyl (C=S) groups is 1. The minimum Gasteiger partial charge on any atom is -0.496 e. The van der Waals surface area contributed by atoms with Gasteiger partial charge in [0.2, 0.25) is 5.91 Å². The summed E-state index contributed by atoms with van der Waals surface area (Å²) in [4.78, 5) is 38.7. The minimum absolute atomic E-state index is 0.0445. The molecule has 0 aliphatic carbocycles. The van der Waals surface area contributed by atoms with Gasteiger partial charge < -0.3 is 4.74 Å². The molecule has 2 N–H and O–H groups in total. The van der Waals surface area contributed by atoms with Crippen molar-refractivity contribution in [2.75, 3.05) is 13.7 Å². The molecule has 0 saturated carbocycles. The lowest BCUT2D eigenvalue weighted by molar-refractivity contribution is -0.124. The first kappa shape index (κ1) is 22.8. The van der Waals surface area contributed by atoms with Crippen LogP contribution in [0, 0.1) is 0 Å². The first-order valence-corrected chi connectivity index (χ1v) is 10.7. The van der Waals surface area contributed by atoms with Crippen LogP contribution in [0.1, 0.15) is 22.3 Å². The molecule has 1 fully saturated rings. The van der Waals surface area contributed by atoms with Crippen LogP contribution in [0.2, 0.25) is 5.02 Å². The molecule has 3 rings (SSSR count). The van der Waals surface area contributed by atoms with Gasteiger partial charge in [0.15, 0.2) is 0 Å². The molecule has 2 aromatic carbocycles. The zero-order valence-corrected chi connectivity index (χ0v) is 18.8. The number of thioether (sulfide) groups is 1. The lowest BCUT2D eigenvalue weighted by atomic mass is 10.2. The molecule has 1 heterocycles. The number of hydrogen-bond acceptors (Lipinski definition) is 6. The van der Waals surface area contributed by atoms with E-state index >= 15 is 0 Å². The molecule has 10 heteroatoms. The lowest BCUT2D eigenvalue weighted by Crippen LogP contribution is -2.43. The zero-order valence-electron chi connectivity index (χ0n) is 16.4. The molecule has 1 aliphatic rings. The van der Waals surface area contributed by atoms with E-state index in [4.69, 9.17) is 28.6 Å². The number of ether oxygens (including phenoxy) is 1. The quantitative estimate of drug-likeness (QED) is 0.378. The SMILES string of the molecule is COc1ccccc1C=C1SC(=S)N(CCC(=O)NNC(=O)c2ccccc2Cl)C1=O. The highest BCUT2D eigenvalue weighted by Crippen LogP contribution is 2.34. The Hall–Kier alpha value is -2.88. The van der Waals surface area contributed by atoms with Gasteiger partial charge in [-0.1, -0.05) is 65.9 Å². The number of nitrogens with one attached hydrogen (secondary N) is 2. The number of hydrazine groups is 1. The molecule has 160 valence electrons. The van der Waals surface area contributed by atoms with Crippen molar-refractivity contribution >= 4 is 63.7 Å². The van der Waals surface area contributed by atoms with Crippen molar-refractivity contribution in [3.05, 3.63) is 69.6 Å². The summed E-state index contributed by atoms with van der Waals surface area (Å²) in [5.74, 6) is -0.650. The van der Waals surface area contributed by atoms with Gasteiger partial charge in [-0.3, -0.25) is 30.1 Å². The molecule has 0 spiro atoms. The number of carbonyl (C=O) groups excluding carboxylic acids is 3. The van der Waals surface area contributed by atoms with Gasteiger partial charge in [0.05, 0.1) is 22.6 Å². The summed E-state index contributed by atoms with van der Waals surface area (Å²) in [6.45, 7) is 0.0850.